The van der Waals surface area contributed by atoms with E-state index in [-0.39, 0.29) is 0 Å². The highest BCUT2D eigenvalue weighted by Crippen LogP contribution is 2.18. The molecule has 86 valence electrons. The molecule has 0 fully saturated rings. The van der Waals surface area contributed by atoms with Gasteiger partial charge in [-0.1, -0.05) is 19.1 Å². The Hall–Kier alpha value is -1.33. The first-order valence-corrected chi connectivity index (χ1v) is 5.80. The highest BCUT2D eigenvalue weighted by molar-refractivity contribution is 7.99. The van der Waals surface area contributed by atoms with E-state index < -0.39 is 17.8 Å². The Balaban J connectivity index is 2.81. The second-order valence-corrected chi connectivity index (χ2v) is 4.47. The minimum atomic E-state index is -1.48. The molecule has 0 aromatic heterocycles. The van der Waals surface area contributed by atoms with Gasteiger partial charge in [0.2, 0.25) is 0 Å². The van der Waals surface area contributed by atoms with Crippen LogP contribution in [0.3, 0.4) is 0 Å². The lowest BCUT2D eigenvalue weighted by atomic mass is 10.1. The normalized spacial score (nSPS) is 12.1. The number of carbonyl (C=O) groups excluding carboxylic acids is 1. The van der Waals surface area contributed by atoms with Crippen LogP contribution in [0.2, 0.25) is 0 Å². The van der Waals surface area contributed by atoms with Crippen LogP contribution in [-0.2, 0) is 4.79 Å². The lowest BCUT2D eigenvalue weighted by Gasteiger charge is -2.06. The van der Waals surface area contributed by atoms with E-state index in [4.69, 9.17) is 10.8 Å². The maximum atomic E-state index is 11.5. The smallest absolute Gasteiger partial charge is 0.328 e. The van der Waals surface area contributed by atoms with Crippen LogP contribution in [0.1, 0.15) is 17.3 Å². The number of hydrogen-bond donors (Lipinski definition) is 2. The van der Waals surface area contributed by atoms with Gasteiger partial charge in [-0.3, -0.25) is 9.59 Å². The SMILES string of the molecule is CCSc1ccc(C(=O)C(N)C(=O)O)cc1. The molecule has 0 saturated carbocycles. The van der Waals surface area contributed by atoms with Gasteiger partial charge >= 0.3 is 5.97 Å². The van der Waals surface area contributed by atoms with Crippen molar-refractivity contribution in [2.45, 2.75) is 17.9 Å². The minimum absolute atomic E-state index is 0.329. The van der Waals surface area contributed by atoms with Gasteiger partial charge in [-0.15, -0.1) is 11.8 Å². The number of Topliss-reactive ketones (excluding diaryl/α,β-unsaturated/α-hetero) is 1. The van der Waals surface area contributed by atoms with Gasteiger partial charge < -0.3 is 10.8 Å². The standard InChI is InChI=1S/C11H13NO3S/c1-2-16-8-5-3-7(4-6-8)10(13)9(12)11(14)15/h3-6,9H,2,12H2,1H3,(H,14,15). The molecule has 0 aliphatic rings. The van der Waals surface area contributed by atoms with Crippen LogP contribution in [0.15, 0.2) is 29.2 Å². The van der Waals surface area contributed by atoms with Crippen molar-refractivity contribution in [1.82, 2.24) is 0 Å². The summed E-state index contributed by atoms with van der Waals surface area (Å²) in [6.45, 7) is 2.03. The number of ketones is 1. The van der Waals surface area contributed by atoms with Crippen molar-refractivity contribution in [3.05, 3.63) is 29.8 Å². The summed E-state index contributed by atoms with van der Waals surface area (Å²) in [5, 5.41) is 8.60. The van der Waals surface area contributed by atoms with Crippen molar-refractivity contribution in [2.75, 3.05) is 5.75 Å². The number of carboxylic acids is 1. The molecule has 0 bridgehead atoms. The zero-order valence-corrected chi connectivity index (χ0v) is 9.66. The molecular formula is C11H13NO3S. The second-order valence-electron chi connectivity index (χ2n) is 3.14. The molecule has 1 aromatic carbocycles. The summed E-state index contributed by atoms with van der Waals surface area (Å²) < 4.78 is 0. The summed E-state index contributed by atoms with van der Waals surface area (Å²) in [5.41, 5.74) is 5.56. The van der Waals surface area contributed by atoms with Crippen molar-refractivity contribution < 1.29 is 14.7 Å². The molecule has 1 unspecified atom stereocenters. The van der Waals surface area contributed by atoms with E-state index in [1.807, 2.05) is 6.92 Å². The molecule has 0 radical (unpaired) electrons. The first kappa shape index (κ1) is 12.7. The Morgan fingerprint density at radius 1 is 1.38 bits per heavy atom. The molecule has 1 aromatic rings. The molecule has 0 aliphatic carbocycles. The van der Waals surface area contributed by atoms with Crippen LogP contribution in [0, 0.1) is 0 Å². The molecule has 3 N–H and O–H groups in total. The maximum Gasteiger partial charge on any atom is 0.328 e. The second kappa shape index (κ2) is 5.67. The molecule has 1 rings (SSSR count). The Labute approximate surface area is 97.8 Å². The fourth-order valence-corrected chi connectivity index (χ4v) is 1.84. The molecule has 4 nitrogen and oxygen atoms in total. The molecular weight excluding hydrogens is 226 g/mol. The van der Waals surface area contributed by atoms with E-state index >= 15 is 0 Å². The summed E-state index contributed by atoms with van der Waals surface area (Å²) in [7, 11) is 0. The maximum absolute atomic E-state index is 11.5. The van der Waals surface area contributed by atoms with Crippen LogP contribution in [0.25, 0.3) is 0 Å². The minimum Gasteiger partial charge on any atom is -0.480 e. The van der Waals surface area contributed by atoms with Gasteiger partial charge in [0, 0.05) is 10.5 Å². The fourth-order valence-electron chi connectivity index (χ4n) is 1.17. The monoisotopic (exact) mass is 239 g/mol. The number of thioether (sulfide) groups is 1. The van der Waals surface area contributed by atoms with E-state index in [1.165, 1.54) is 0 Å². The molecule has 0 saturated heterocycles. The lowest BCUT2D eigenvalue weighted by molar-refractivity contribution is -0.137. The van der Waals surface area contributed by atoms with Crippen molar-refractivity contribution in [2.24, 2.45) is 5.73 Å². The number of aliphatic carboxylic acids is 1. The van der Waals surface area contributed by atoms with Crippen LogP contribution in [-0.4, -0.2) is 28.7 Å². The lowest BCUT2D eigenvalue weighted by Crippen LogP contribution is -2.38. The van der Waals surface area contributed by atoms with Gasteiger partial charge in [0.05, 0.1) is 0 Å². The third-order valence-electron chi connectivity index (χ3n) is 2.00. The first-order valence-electron chi connectivity index (χ1n) is 4.81. The Morgan fingerprint density at radius 3 is 2.38 bits per heavy atom. The van der Waals surface area contributed by atoms with E-state index in [9.17, 15) is 9.59 Å². The topological polar surface area (TPSA) is 80.4 Å². The van der Waals surface area contributed by atoms with Gasteiger partial charge in [0.25, 0.3) is 0 Å². The fraction of sp³-hybridized carbons (Fsp3) is 0.273. The highest BCUT2D eigenvalue weighted by Gasteiger charge is 2.22. The van der Waals surface area contributed by atoms with Crippen molar-refractivity contribution in [3.8, 4) is 0 Å². The highest BCUT2D eigenvalue weighted by atomic mass is 32.2. The summed E-state index contributed by atoms with van der Waals surface area (Å²) >= 11 is 1.65. The molecule has 0 heterocycles. The van der Waals surface area contributed by atoms with Gasteiger partial charge in [-0.25, -0.2) is 0 Å². The molecule has 0 aliphatic heterocycles. The predicted octanol–water partition coefficient (Wildman–Crippen LogP) is 1.39. The summed E-state index contributed by atoms with van der Waals surface area (Å²) in [4.78, 5) is 23.1. The molecule has 16 heavy (non-hydrogen) atoms. The summed E-state index contributed by atoms with van der Waals surface area (Å²) in [6, 6.07) is 5.29. The van der Waals surface area contributed by atoms with Gasteiger partial charge in [0.15, 0.2) is 11.8 Å². The quantitative estimate of drug-likeness (QED) is 0.461. The van der Waals surface area contributed by atoms with Crippen LogP contribution >= 0.6 is 11.8 Å². The van der Waals surface area contributed by atoms with E-state index in [0.29, 0.717) is 5.56 Å². The zero-order valence-electron chi connectivity index (χ0n) is 8.84. The van der Waals surface area contributed by atoms with Gasteiger partial charge in [-0.05, 0) is 17.9 Å². The summed E-state index contributed by atoms with van der Waals surface area (Å²) in [5.74, 6) is -0.931. The number of rotatable bonds is 5. The van der Waals surface area contributed by atoms with Crippen LogP contribution in [0.4, 0.5) is 0 Å². The first-order chi connectivity index (χ1) is 7.56. The molecule has 0 spiro atoms. The van der Waals surface area contributed by atoms with Crippen molar-refractivity contribution >= 4 is 23.5 Å². The van der Waals surface area contributed by atoms with E-state index in [1.54, 1.807) is 36.0 Å². The van der Waals surface area contributed by atoms with Gasteiger partial charge in [0.1, 0.15) is 0 Å². The largest absolute Gasteiger partial charge is 0.480 e. The Bertz CT molecular complexity index is 389. The number of carbonyl (C=O) groups is 2. The average molecular weight is 239 g/mol. The Kier molecular flexibility index (Phi) is 4.52. The summed E-state index contributed by atoms with van der Waals surface area (Å²) in [6.07, 6.45) is 0. The van der Waals surface area contributed by atoms with Crippen molar-refractivity contribution in [1.29, 1.82) is 0 Å². The predicted molar refractivity (Wildman–Crippen MR) is 62.8 cm³/mol. The molecule has 0 amide bonds. The third-order valence-corrected chi connectivity index (χ3v) is 2.89. The number of nitrogens with two attached hydrogens (primary N) is 1. The molecule has 5 heteroatoms. The third kappa shape index (κ3) is 3.08. The number of hydrogen-bond acceptors (Lipinski definition) is 4. The van der Waals surface area contributed by atoms with Crippen molar-refractivity contribution in [3.63, 3.8) is 0 Å². The van der Waals surface area contributed by atoms with E-state index in [0.717, 1.165) is 10.6 Å². The zero-order chi connectivity index (χ0) is 12.1. The average Bonchev–Trinajstić information content (AvgIpc) is 2.28. The number of carboxylic acid groups (broad SMARTS) is 1. The van der Waals surface area contributed by atoms with Crippen LogP contribution in [0.5, 0.6) is 0 Å². The van der Waals surface area contributed by atoms with Crippen LogP contribution < -0.4 is 5.73 Å². The number of benzene rings is 1. The van der Waals surface area contributed by atoms with Gasteiger partial charge in [-0.2, -0.15) is 0 Å². The van der Waals surface area contributed by atoms with E-state index in [2.05, 4.69) is 0 Å². The molecule has 1 atom stereocenters. The Morgan fingerprint density at radius 2 is 1.94 bits per heavy atom.